The Kier molecular flexibility index (Phi) is 3.50. The number of aryl methyl sites for hydroxylation is 2. The zero-order valence-electron chi connectivity index (χ0n) is 16.1. The third kappa shape index (κ3) is 2.67. The predicted octanol–water partition coefficient (Wildman–Crippen LogP) is 4.66. The van der Waals surface area contributed by atoms with Crippen LogP contribution in [0.2, 0.25) is 0 Å². The van der Waals surface area contributed by atoms with Gasteiger partial charge in [0.1, 0.15) is 5.76 Å². The summed E-state index contributed by atoms with van der Waals surface area (Å²) in [4.78, 5) is 13.0. The van der Waals surface area contributed by atoms with Gasteiger partial charge in [0.25, 0.3) is 0 Å². The summed E-state index contributed by atoms with van der Waals surface area (Å²) < 4.78 is 5.41. The molecule has 2 aromatic heterocycles. The van der Waals surface area contributed by atoms with E-state index in [1.807, 2.05) is 13.8 Å². The average molecular weight is 361 g/mol. The molecule has 2 N–H and O–H groups in total. The van der Waals surface area contributed by atoms with E-state index in [0.717, 1.165) is 57.4 Å². The molecule has 6 heteroatoms. The number of aromatic nitrogens is 3. The number of aromatic amines is 1. The van der Waals surface area contributed by atoms with Crippen molar-refractivity contribution in [1.29, 1.82) is 0 Å². The topological polar surface area (TPSA) is 79.1 Å². The Balaban J connectivity index is 1.76. The van der Waals surface area contributed by atoms with Crippen molar-refractivity contribution in [3.63, 3.8) is 0 Å². The van der Waals surface area contributed by atoms with Gasteiger partial charge in [0.15, 0.2) is 0 Å². The van der Waals surface area contributed by atoms with E-state index in [0.29, 0.717) is 6.04 Å². The van der Waals surface area contributed by atoms with Crippen LogP contribution in [0, 0.1) is 13.8 Å². The third-order valence-corrected chi connectivity index (χ3v) is 5.44. The molecular weight excluding hydrogens is 338 g/mol. The molecule has 1 aliphatic heterocycles. The molecule has 0 amide bonds. The minimum absolute atomic E-state index is 0.548. The number of allylic oxidation sites excluding steroid dienone is 1. The van der Waals surface area contributed by atoms with Crippen molar-refractivity contribution >= 4 is 28.3 Å². The van der Waals surface area contributed by atoms with E-state index >= 15 is 0 Å². The smallest absolute Gasteiger partial charge is 0.201 e. The Hall–Kier alpha value is -2.89. The fourth-order valence-corrected chi connectivity index (χ4v) is 3.97. The standard InChI is InChI=1S/C21H23N5O/c1-10-9-22-11(2)18(10)16-7-14(19-12(3)26-27-13(19)4)8-17-20(16)25-21(24-17)23-15-5-6-15/h7-8,15H,5-6,9H2,1-4H3,(H2,23,24,25). The molecule has 0 atom stereocenters. The Morgan fingerprint density at radius 3 is 2.59 bits per heavy atom. The van der Waals surface area contributed by atoms with Crippen molar-refractivity contribution < 1.29 is 4.52 Å². The molecule has 6 nitrogen and oxygen atoms in total. The van der Waals surface area contributed by atoms with Gasteiger partial charge in [-0.1, -0.05) is 5.16 Å². The average Bonchev–Trinajstić information content (AvgIpc) is 3.10. The molecule has 0 spiro atoms. The molecule has 0 bridgehead atoms. The largest absolute Gasteiger partial charge is 0.361 e. The highest BCUT2D eigenvalue weighted by atomic mass is 16.5. The SMILES string of the molecule is CC1=NCC(C)=C1c1cc(-c2c(C)noc2C)cc2[nH]c(NC3CC3)nc12. The molecule has 27 heavy (non-hydrogen) atoms. The Morgan fingerprint density at radius 2 is 1.96 bits per heavy atom. The van der Waals surface area contributed by atoms with Gasteiger partial charge in [-0.05, 0) is 63.8 Å². The van der Waals surface area contributed by atoms with Crippen LogP contribution in [-0.2, 0) is 0 Å². The first-order chi connectivity index (χ1) is 13.0. The summed E-state index contributed by atoms with van der Waals surface area (Å²) in [7, 11) is 0. The molecule has 0 saturated heterocycles. The van der Waals surface area contributed by atoms with Crippen molar-refractivity contribution in [3.8, 4) is 11.1 Å². The van der Waals surface area contributed by atoms with Crippen molar-refractivity contribution in [2.75, 3.05) is 11.9 Å². The Morgan fingerprint density at radius 1 is 1.15 bits per heavy atom. The summed E-state index contributed by atoms with van der Waals surface area (Å²) in [6.45, 7) is 8.93. The molecule has 1 saturated carbocycles. The first-order valence-corrected chi connectivity index (χ1v) is 9.46. The second-order valence-electron chi connectivity index (χ2n) is 7.68. The lowest BCUT2D eigenvalue weighted by Crippen LogP contribution is -2.02. The van der Waals surface area contributed by atoms with Crippen LogP contribution >= 0.6 is 0 Å². The van der Waals surface area contributed by atoms with E-state index in [9.17, 15) is 0 Å². The molecule has 0 radical (unpaired) electrons. The quantitative estimate of drug-likeness (QED) is 0.708. The highest BCUT2D eigenvalue weighted by Crippen LogP contribution is 2.37. The molecule has 1 fully saturated rings. The predicted molar refractivity (Wildman–Crippen MR) is 108 cm³/mol. The molecule has 2 aliphatic rings. The molecule has 1 aliphatic carbocycles. The maximum atomic E-state index is 5.41. The highest BCUT2D eigenvalue weighted by Gasteiger charge is 2.25. The Bertz CT molecular complexity index is 1110. The molecule has 3 aromatic rings. The summed E-state index contributed by atoms with van der Waals surface area (Å²) in [5, 5.41) is 7.61. The summed E-state index contributed by atoms with van der Waals surface area (Å²) in [5.41, 5.74) is 9.73. The van der Waals surface area contributed by atoms with Crippen molar-refractivity contribution in [2.24, 2.45) is 4.99 Å². The first-order valence-electron chi connectivity index (χ1n) is 9.46. The Labute approximate surface area is 157 Å². The first kappa shape index (κ1) is 16.3. The zero-order valence-corrected chi connectivity index (χ0v) is 16.1. The van der Waals surface area contributed by atoms with Gasteiger partial charge in [-0.25, -0.2) is 4.98 Å². The fourth-order valence-electron chi connectivity index (χ4n) is 3.97. The van der Waals surface area contributed by atoms with E-state index in [4.69, 9.17) is 9.51 Å². The zero-order chi connectivity index (χ0) is 18.7. The van der Waals surface area contributed by atoms with Gasteiger partial charge in [0.05, 0.1) is 23.3 Å². The van der Waals surface area contributed by atoms with E-state index < -0.39 is 0 Å². The number of hydrogen-bond donors (Lipinski definition) is 2. The number of rotatable bonds is 4. The molecule has 138 valence electrons. The lowest BCUT2D eigenvalue weighted by molar-refractivity contribution is 0.393. The van der Waals surface area contributed by atoms with Gasteiger partial charge in [-0.15, -0.1) is 0 Å². The number of H-pyrrole nitrogens is 1. The van der Waals surface area contributed by atoms with Crippen LogP contribution < -0.4 is 5.32 Å². The lowest BCUT2D eigenvalue weighted by atomic mass is 9.93. The number of nitrogens with zero attached hydrogens (tertiary/aromatic N) is 3. The highest BCUT2D eigenvalue weighted by molar-refractivity contribution is 6.27. The van der Waals surface area contributed by atoms with E-state index in [2.05, 4.69) is 46.4 Å². The number of aliphatic imine (C=N–C) groups is 1. The summed E-state index contributed by atoms with van der Waals surface area (Å²) in [5.74, 6) is 1.67. The van der Waals surface area contributed by atoms with E-state index in [1.54, 1.807) is 0 Å². The molecule has 3 heterocycles. The van der Waals surface area contributed by atoms with E-state index in [1.165, 1.54) is 24.0 Å². The third-order valence-electron chi connectivity index (χ3n) is 5.44. The van der Waals surface area contributed by atoms with Gasteiger partial charge in [-0.2, -0.15) is 0 Å². The maximum absolute atomic E-state index is 5.41. The molecule has 5 rings (SSSR count). The van der Waals surface area contributed by atoms with Crippen LogP contribution in [0.4, 0.5) is 5.95 Å². The van der Waals surface area contributed by atoms with Gasteiger partial charge in [-0.3, -0.25) is 4.99 Å². The number of hydrogen-bond acceptors (Lipinski definition) is 5. The van der Waals surface area contributed by atoms with Crippen molar-refractivity contribution in [3.05, 3.63) is 34.7 Å². The van der Waals surface area contributed by atoms with Gasteiger partial charge >= 0.3 is 0 Å². The summed E-state index contributed by atoms with van der Waals surface area (Å²) >= 11 is 0. The number of imidazole rings is 1. The normalized spacial score (nSPS) is 17.1. The number of anilines is 1. The van der Waals surface area contributed by atoms with Gasteiger partial charge < -0.3 is 14.8 Å². The number of benzene rings is 1. The van der Waals surface area contributed by atoms with Crippen LogP contribution in [0.5, 0.6) is 0 Å². The summed E-state index contributed by atoms with van der Waals surface area (Å²) in [6.07, 6.45) is 2.43. The van der Waals surface area contributed by atoms with E-state index in [-0.39, 0.29) is 0 Å². The molecule has 0 unspecified atom stereocenters. The van der Waals surface area contributed by atoms with Crippen LogP contribution in [0.3, 0.4) is 0 Å². The molecular formula is C21H23N5O. The van der Waals surface area contributed by atoms with Crippen molar-refractivity contribution in [2.45, 2.75) is 46.6 Å². The van der Waals surface area contributed by atoms with Gasteiger partial charge in [0.2, 0.25) is 5.95 Å². The van der Waals surface area contributed by atoms with Crippen LogP contribution in [0.1, 0.15) is 43.7 Å². The minimum Gasteiger partial charge on any atom is -0.361 e. The second-order valence-corrected chi connectivity index (χ2v) is 7.68. The van der Waals surface area contributed by atoms with Crippen molar-refractivity contribution in [1.82, 2.24) is 15.1 Å². The van der Waals surface area contributed by atoms with Crippen LogP contribution in [0.15, 0.2) is 27.2 Å². The van der Waals surface area contributed by atoms with Gasteiger partial charge in [0, 0.05) is 28.5 Å². The number of nitrogens with one attached hydrogen (secondary N) is 2. The molecule has 1 aromatic carbocycles. The second kappa shape index (κ2) is 5.81. The number of fused-ring (bicyclic) bond motifs is 1. The monoisotopic (exact) mass is 361 g/mol. The lowest BCUT2D eigenvalue weighted by Gasteiger charge is -2.10. The minimum atomic E-state index is 0.548. The summed E-state index contributed by atoms with van der Waals surface area (Å²) in [6, 6.07) is 4.90. The van der Waals surface area contributed by atoms with Crippen LogP contribution in [0.25, 0.3) is 27.7 Å². The van der Waals surface area contributed by atoms with Crippen LogP contribution in [-0.4, -0.2) is 33.4 Å². The fraction of sp³-hybridized carbons (Fsp3) is 0.381. The maximum Gasteiger partial charge on any atom is 0.201 e.